The summed E-state index contributed by atoms with van der Waals surface area (Å²) in [6.07, 6.45) is -0.812. The molecule has 4 nitrogen and oxygen atoms in total. The van der Waals surface area contributed by atoms with Crippen LogP contribution < -0.4 is 4.90 Å². The molecule has 0 N–H and O–H groups in total. The summed E-state index contributed by atoms with van der Waals surface area (Å²) < 4.78 is 4.58. The fourth-order valence-corrected chi connectivity index (χ4v) is 1.81. The van der Waals surface area contributed by atoms with E-state index in [1.807, 2.05) is 0 Å². The topological polar surface area (TPSA) is 46.6 Å². The number of amides is 2. The summed E-state index contributed by atoms with van der Waals surface area (Å²) in [5.74, 6) is -0.843. The Morgan fingerprint density at radius 3 is 2.06 bits per heavy atom. The van der Waals surface area contributed by atoms with Crippen LogP contribution in [0.1, 0.15) is 0 Å². The predicted molar refractivity (Wildman–Crippen MR) is 59.6 cm³/mol. The second-order valence-corrected chi connectivity index (χ2v) is 3.93. The zero-order valence-corrected chi connectivity index (χ0v) is 10.8. The molecule has 1 aromatic rings. The first-order valence-electron chi connectivity index (χ1n) is 4.20. The normalized spacial score (nSPS) is 14.7. The number of halogens is 2. The summed E-state index contributed by atoms with van der Waals surface area (Å²) in [5.41, 5.74) is 0.256. The minimum atomic E-state index is -0.812. The van der Waals surface area contributed by atoms with E-state index in [-0.39, 0.29) is 28.2 Å². The Balaban J connectivity index is 0.00000144. The van der Waals surface area contributed by atoms with Crippen molar-refractivity contribution in [2.45, 2.75) is 0 Å². The maximum absolute atomic E-state index is 11.5. The third-order valence-corrected chi connectivity index (χ3v) is 2.38. The van der Waals surface area contributed by atoms with E-state index in [0.717, 1.165) is 4.90 Å². The van der Waals surface area contributed by atoms with Crippen molar-refractivity contribution in [2.24, 2.45) is 0 Å². The molecule has 1 aliphatic rings. The van der Waals surface area contributed by atoms with Crippen LogP contribution in [0.5, 0.6) is 0 Å². The summed E-state index contributed by atoms with van der Waals surface area (Å²) >= 11 is 11.5. The van der Waals surface area contributed by atoms with Crippen LogP contribution >= 0.6 is 23.2 Å². The Morgan fingerprint density at radius 1 is 1.12 bits per heavy atom. The van der Waals surface area contributed by atoms with Gasteiger partial charge in [0.2, 0.25) is 0 Å². The third-order valence-electron chi connectivity index (χ3n) is 1.94. The minimum absolute atomic E-state index is 0. The summed E-state index contributed by atoms with van der Waals surface area (Å²) in [6.45, 7) is 3.31. The Hall–Kier alpha value is -1.01. The van der Waals surface area contributed by atoms with Crippen molar-refractivity contribution in [1.82, 2.24) is 0 Å². The number of ether oxygens (including phenoxy) is 1. The molecule has 0 aromatic heterocycles. The molecule has 1 aromatic carbocycles. The van der Waals surface area contributed by atoms with Crippen molar-refractivity contribution in [3.8, 4) is 0 Å². The van der Waals surface area contributed by atoms with Crippen LogP contribution in [-0.4, -0.2) is 12.0 Å². The second-order valence-electron chi connectivity index (χ2n) is 3.06. The van der Waals surface area contributed by atoms with Crippen molar-refractivity contribution in [3.05, 3.63) is 40.6 Å². The van der Waals surface area contributed by atoms with Gasteiger partial charge in [-0.25, -0.2) is 9.69 Å². The minimum Gasteiger partial charge on any atom is -0.404 e. The SMILES string of the molecule is C=C1OC(=O)N(c2cc(Cl)cc(Cl)c2)C1=O.[Co]. The maximum atomic E-state index is 11.5. The molecule has 1 heterocycles. The number of nitrogens with zero attached hydrogens (tertiary/aromatic N) is 1. The maximum Gasteiger partial charge on any atom is 0.427 e. The van der Waals surface area contributed by atoms with E-state index in [1.165, 1.54) is 18.2 Å². The van der Waals surface area contributed by atoms with E-state index in [2.05, 4.69) is 11.3 Å². The number of carbonyl (C=O) groups is 2. The summed E-state index contributed by atoms with van der Waals surface area (Å²) in [5, 5.41) is 0.640. The van der Waals surface area contributed by atoms with E-state index >= 15 is 0 Å². The first-order valence-corrected chi connectivity index (χ1v) is 4.96. The van der Waals surface area contributed by atoms with E-state index in [0.29, 0.717) is 10.0 Å². The van der Waals surface area contributed by atoms with Gasteiger partial charge in [0.05, 0.1) is 5.69 Å². The Labute approximate surface area is 117 Å². The molecule has 0 saturated carbocycles. The average Bonchev–Trinajstić information content (AvgIpc) is 2.39. The van der Waals surface area contributed by atoms with Gasteiger partial charge in [0.1, 0.15) is 0 Å². The molecule has 1 radical (unpaired) electrons. The Kier molecular flexibility index (Phi) is 4.21. The van der Waals surface area contributed by atoms with Crippen LogP contribution in [-0.2, 0) is 26.3 Å². The van der Waals surface area contributed by atoms with Gasteiger partial charge in [0, 0.05) is 26.8 Å². The van der Waals surface area contributed by atoms with Gasteiger partial charge in [-0.3, -0.25) is 4.79 Å². The molecule has 0 atom stereocenters. The number of imide groups is 1. The molecular weight excluding hydrogens is 312 g/mol. The quantitative estimate of drug-likeness (QED) is 0.748. The molecule has 0 spiro atoms. The number of hydrogen-bond acceptors (Lipinski definition) is 3. The van der Waals surface area contributed by atoms with Crippen molar-refractivity contribution in [3.63, 3.8) is 0 Å². The van der Waals surface area contributed by atoms with Gasteiger partial charge in [-0.2, -0.15) is 0 Å². The van der Waals surface area contributed by atoms with Gasteiger partial charge < -0.3 is 4.74 Å². The molecule has 0 bridgehead atoms. The van der Waals surface area contributed by atoms with Crippen molar-refractivity contribution in [1.29, 1.82) is 0 Å². The van der Waals surface area contributed by atoms with Crippen LogP contribution in [0.4, 0.5) is 10.5 Å². The molecule has 1 saturated heterocycles. The molecule has 91 valence electrons. The van der Waals surface area contributed by atoms with Gasteiger partial charge in [-0.1, -0.05) is 23.2 Å². The standard InChI is InChI=1S/C10H5Cl2NO3.Co/c1-5-9(14)13(10(15)16-5)8-3-6(11)2-7(12)4-8;/h2-4H,1H2;. The van der Waals surface area contributed by atoms with Crippen LogP contribution in [0.3, 0.4) is 0 Å². The van der Waals surface area contributed by atoms with Crippen molar-refractivity contribution >= 4 is 40.9 Å². The summed E-state index contributed by atoms with van der Waals surface area (Å²) in [6, 6.07) is 4.36. The molecule has 0 aliphatic carbocycles. The molecule has 0 unspecified atom stereocenters. The molecule has 1 fully saturated rings. The number of carbonyl (C=O) groups excluding carboxylic acids is 2. The summed E-state index contributed by atoms with van der Waals surface area (Å²) in [7, 11) is 0. The number of rotatable bonds is 1. The van der Waals surface area contributed by atoms with E-state index in [4.69, 9.17) is 23.2 Å². The Morgan fingerprint density at radius 2 is 1.65 bits per heavy atom. The molecule has 2 rings (SSSR count). The largest absolute Gasteiger partial charge is 0.427 e. The molecular formula is C10H5Cl2CoNO3. The number of cyclic esters (lactones) is 1. The average molecular weight is 317 g/mol. The van der Waals surface area contributed by atoms with Gasteiger partial charge in [-0.05, 0) is 24.8 Å². The molecule has 17 heavy (non-hydrogen) atoms. The zero-order valence-electron chi connectivity index (χ0n) is 8.20. The van der Waals surface area contributed by atoms with Crippen LogP contribution in [0.2, 0.25) is 10.0 Å². The van der Waals surface area contributed by atoms with Gasteiger partial charge >= 0.3 is 12.0 Å². The van der Waals surface area contributed by atoms with Gasteiger partial charge in [0.15, 0.2) is 5.76 Å². The first-order chi connectivity index (χ1) is 7.49. The zero-order chi connectivity index (χ0) is 11.9. The predicted octanol–water partition coefficient (Wildman–Crippen LogP) is 2.99. The number of anilines is 1. The first kappa shape index (κ1) is 14.0. The second kappa shape index (κ2) is 5.10. The molecule has 2 amide bonds. The van der Waals surface area contributed by atoms with E-state index < -0.39 is 12.0 Å². The van der Waals surface area contributed by atoms with Crippen LogP contribution in [0, 0.1) is 0 Å². The van der Waals surface area contributed by atoms with Gasteiger partial charge in [0.25, 0.3) is 0 Å². The fraction of sp³-hybridized carbons (Fsp3) is 0. The molecule has 7 heteroatoms. The fourth-order valence-electron chi connectivity index (χ4n) is 1.29. The van der Waals surface area contributed by atoms with E-state index in [9.17, 15) is 9.59 Å². The monoisotopic (exact) mass is 316 g/mol. The number of hydrogen-bond donors (Lipinski definition) is 0. The Bertz CT molecular complexity index is 498. The summed E-state index contributed by atoms with van der Waals surface area (Å²) in [4.78, 5) is 23.7. The van der Waals surface area contributed by atoms with Crippen molar-refractivity contribution in [2.75, 3.05) is 4.90 Å². The smallest absolute Gasteiger partial charge is 0.404 e. The van der Waals surface area contributed by atoms with Crippen LogP contribution in [0.25, 0.3) is 0 Å². The third kappa shape index (κ3) is 2.63. The van der Waals surface area contributed by atoms with Crippen LogP contribution in [0.15, 0.2) is 30.5 Å². The number of benzene rings is 1. The molecule has 1 aliphatic heterocycles. The van der Waals surface area contributed by atoms with E-state index in [1.54, 1.807) is 0 Å². The van der Waals surface area contributed by atoms with Crippen molar-refractivity contribution < 1.29 is 31.1 Å². The van der Waals surface area contributed by atoms with Gasteiger partial charge in [-0.15, -0.1) is 0 Å².